The third kappa shape index (κ3) is 11.2. The van der Waals surface area contributed by atoms with Gasteiger partial charge in [-0.25, -0.2) is 13.1 Å². The zero-order valence-corrected chi connectivity index (χ0v) is 13.3. The average molecular weight is 303 g/mol. The standard InChI is InChI=1S/C11H26N2O3S.ClH/c1-9(2)7-11(8-12)13-17(14,15)6-5-16-10(3)4;/h9-11,13H,5-8,12H2,1-4H3;1H. The Hall–Kier alpha value is 0.120. The zero-order chi connectivity index (χ0) is 13.5. The first-order chi connectivity index (χ1) is 7.76. The minimum absolute atomic E-state index is 0. The van der Waals surface area contributed by atoms with Gasteiger partial charge in [0.15, 0.2) is 0 Å². The van der Waals surface area contributed by atoms with Crippen LogP contribution < -0.4 is 10.5 Å². The SMILES string of the molecule is CC(C)CC(CN)NS(=O)(=O)CCOC(C)C.Cl. The molecule has 0 rings (SSSR count). The van der Waals surface area contributed by atoms with Crippen LogP contribution in [-0.2, 0) is 14.8 Å². The molecule has 0 fully saturated rings. The Morgan fingerprint density at radius 1 is 1.22 bits per heavy atom. The predicted octanol–water partition coefficient (Wildman–Crippen LogP) is 1.13. The first-order valence-corrected chi connectivity index (χ1v) is 7.73. The van der Waals surface area contributed by atoms with Crippen LogP contribution in [0.5, 0.6) is 0 Å². The summed E-state index contributed by atoms with van der Waals surface area (Å²) in [6, 6.07) is -0.181. The number of nitrogens with one attached hydrogen (secondary N) is 1. The number of halogens is 1. The van der Waals surface area contributed by atoms with Crippen molar-refractivity contribution in [3.8, 4) is 0 Å². The van der Waals surface area contributed by atoms with E-state index in [2.05, 4.69) is 4.72 Å². The molecular weight excluding hydrogens is 276 g/mol. The van der Waals surface area contributed by atoms with Gasteiger partial charge in [0.05, 0.1) is 18.5 Å². The van der Waals surface area contributed by atoms with E-state index in [1.807, 2.05) is 27.7 Å². The number of ether oxygens (including phenoxy) is 1. The Morgan fingerprint density at radius 3 is 2.17 bits per heavy atom. The van der Waals surface area contributed by atoms with Gasteiger partial charge in [-0.2, -0.15) is 0 Å². The maximum absolute atomic E-state index is 11.7. The van der Waals surface area contributed by atoms with Gasteiger partial charge < -0.3 is 10.5 Å². The highest BCUT2D eigenvalue weighted by atomic mass is 35.5. The number of hydrogen-bond acceptors (Lipinski definition) is 4. The molecule has 0 aliphatic heterocycles. The lowest BCUT2D eigenvalue weighted by Crippen LogP contribution is -2.42. The van der Waals surface area contributed by atoms with Gasteiger partial charge in [0, 0.05) is 12.6 Å². The van der Waals surface area contributed by atoms with Gasteiger partial charge in [-0.05, 0) is 26.2 Å². The Labute approximate surface area is 117 Å². The summed E-state index contributed by atoms with van der Waals surface area (Å²) < 4.78 is 31.3. The predicted molar refractivity (Wildman–Crippen MR) is 77.6 cm³/mol. The molecule has 0 aromatic rings. The first-order valence-electron chi connectivity index (χ1n) is 6.08. The van der Waals surface area contributed by atoms with Crippen molar-refractivity contribution >= 4 is 22.4 Å². The van der Waals surface area contributed by atoms with Gasteiger partial charge >= 0.3 is 0 Å². The van der Waals surface area contributed by atoms with Crippen LogP contribution in [0.15, 0.2) is 0 Å². The molecule has 5 nitrogen and oxygen atoms in total. The number of sulfonamides is 1. The molecule has 0 bridgehead atoms. The van der Waals surface area contributed by atoms with E-state index in [-0.39, 0.29) is 36.9 Å². The summed E-state index contributed by atoms with van der Waals surface area (Å²) in [4.78, 5) is 0. The molecule has 0 aromatic heterocycles. The van der Waals surface area contributed by atoms with E-state index in [0.717, 1.165) is 6.42 Å². The fourth-order valence-electron chi connectivity index (χ4n) is 1.47. The normalized spacial score (nSPS) is 13.7. The Kier molecular flexibility index (Phi) is 11.3. The van der Waals surface area contributed by atoms with Crippen molar-refractivity contribution in [2.45, 2.75) is 46.3 Å². The van der Waals surface area contributed by atoms with Crippen LogP contribution in [0.1, 0.15) is 34.1 Å². The van der Waals surface area contributed by atoms with Gasteiger partial charge in [0.2, 0.25) is 10.0 Å². The third-order valence-electron chi connectivity index (χ3n) is 2.19. The van der Waals surface area contributed by atoms with Crippen molar-refractivity contribution in [3.05, 3.63) is 0 Å². The Morgan fingerprint density at radius 2 is 1.78 bits per heavy atom. The van der Waals surface area contributed by atoms with Crippen molar-refractivity contribution in [3.63, 3.8) is 0 Å². The second-order valence-electron chi connectivity index (χ2n) is 4.92. The summed E-state index contributed by atoms with van der Waals surface area (Å²) in [5.41, 5.74) is 5.55. The molecule has 112 valence electrons. The van der Waals surface area contributed by atoms with Crippen LogP contribution in [0.3, 0.4) is 0 Å². The molecule has 0 spiro atoms. The van der Waals surface area contributed by atoms with Crippen LogP contribution in [0.4, 0.5) is 0 Å². The van der Waals surface area contributed by atoms with Crippen LogP contribution in [0.2, 0.25) is 0 Å². The van der Waals surface area contributed by atoms with Crippen molar-refractivity contribution in [1.82, 2.24) is 4.72 Å². The summed E-state index contributed by atoms with van der Waals surface area (Å²) in [6.07, 6.45) is 0.798. The summed E-state index contributed by atoms with van der Waals surface area (Å²) in [5.74, 6) is 0.401. The molecule has 7 heteroatoms. The molecule has 0 aromatic carbocycles. The monoisotopic (exact) mass is 302 g/mol. The van der Waals surface area contributed by atoms with Crippen molar-refractivity contribution < 1.29 is 13.2 Å². The van der Waals surface area contributed by atoms with Gasteiger partial charge in [-0.3, -0.25) is 0 Å². The van der Waals surface area contributed by atoms with E-state index in [1.165, 1.54) is 0 Å². The fourth-order valence-corrected chi connectivity index (χ4v) is 2.60. The summed E-state index contributed by atoms with van der Waals surface area (Å²) in [7, 11) is -3.29. The molecule has 3 N–H and O–H groups in total. The second kappa shape index (κ2) is 9.97. The number of rotatable bonds is 9. The highest BCUT2D eigenvalue weighted by Gasteiger charge is 2.17. The minimum atomic E-state index is -3.29. The van der Waals surface area contributed by atoms with E-state index < -0.39 is 10.0 Å². The van der Waals surface area contributed by atoms with E-state index in [0.29, 0.717) is 12.5 Å². The molecule has 0 saturated carbocycles. The summed E-state index contributed by atoms with van der Waals surface area (Å²) in [5, 5.41) is 0. The Bertz CT molecular complexity index is 295. The highest BCUT2D eigenvalue weighted by molar-refractivity contribution is 7.89. The molecule has 0 aliphatic rings. The van der Waals surface area contributed by atoms with Crippen LogP contribution in [0.25, 0.3) is 0 Å². The zero-order valence-electron chi connectivity index (χ0n) is 11.7. The van der Waals surface area contributed by atoms with Crippen molar-refractivity contribution in [2.75, 3.05) is 18.9 Å². The lowest BCUT2D eigenvalue weighted by Gasteiger charge is -2.19. The summed E-state index contributed by atoms with van der Waals surface area (Å²) in [6.45, 7) is 8.37. The highest BCUT2D eigenvalue weighted by Crippen LogP contribution is 2.05. The molecule has 0 saturated heterocycles. The third-order valence-corrected chi connectivity index (χ3v) is 3.59. The molecular formula is C11H27ClN2O3S. The van der Waals surface area contributed by atoms with Gasteiger partial charge in [0.25, 0.3) is 0 Å². The van der Waals surface area contributed by atoms with Crippen LogP contribution in [-0.4, -0.2) is 39.5 Å². The van der Waals surface area contributed by atoms with Crippen molar-refractivity contribution in [2.24, 2.45) is 11.7 Å². The lowest BCUT2D eigenvalue weighted by atomic mass is 10.1. The fraction of sp³-hybridized carbons (Fsp3) is 1.00. The smallest absolute Gasteiger partial charge is 0.214 e. The number of nitrogens with two attached hydrogens (primary N) is 1. The van der Waals surface area contributed by atoms with Crippen molar-refractivity contribution in [1.29, 1.82) is 0 Å². The average Bonchev–Trinajstić information content (AvgIpc) is 2.14. The number of hydrogen-bond donors (Lipinski definition) is 2. The van der Waals surface area contributed by atoms with E-state index in [1.54, 1.807) is 0 Å². The molecule has 18 heavy (non-hydrogen) atoms. The molecule has 0 heterocycles. The van der Waals surface area contributed by atoms with E-state index in [9.17, 15) is 8.42 Å². The molecule has 1 unspecified atom stereocenters. The van der Waals surface area contributed by atoms with Gasteiger partial charge in [0.1, 0.15) is 0 Å². The largest absolute Gasteiger partial charge is 0.378 e. The summed E-state index contributed by atoms with van der Waals surface area (Å²) >= 11 is 0. The van der Waals surface area contributed by atoms with Gasteiger partial charge in [-0.15, -0.1) is 12.4 Å². The van der Waals surface area contributed by atoms with Gasteiger partial charge in [-0.1, -0.05) is 13.8 Å². The van der Waals surface area contributed by atoms with E-state index >= 15 is 0 Å². The Balaban J connectivity index is 0. The molecule has 0 aliphatic carbocycles. The lowest BCUT2D eigenvalue weighted by molar-refractivity contribution is 0.0911. The van der Waals surface area contributed by atoms with Crippen LogP contribution >= 0.6 is 12.4 Å². The second-order valence-corrected chi connectivity index (χ2v) is 6.79. The van der Waals surface area contributed by atoms with Crippen LogP contribution in [0, 0.1) is 5.92 Å². The topological polar surface area (TPSA) is 81.4 Å². The first kappa shape index (κ1) is 20.4. The van der Waals surface area contributed by atoms with E-state index in [4.69, 9.17) is 10.5 Å². The maximum atomic E-state index is 11.7. The maximum Gasteiger partial charge on any atom is 0.214 e. The molecule has 0 amide bonds. The molecule has 1 atom stereocenters. The quantitative estimate of drug-likeness (QED) is 0.669. The minimum Gasteiger partial charge on any atom is -0.378 e. The molecule has 0 radical (unpaired) electrons.